The van der Waals surface area contributed by atoms with Gasteiger partial charge in [0.1, 0.15) is 17.6 Å². The van der Waals surface area contributed by atoms with Gasteiger partial charge in [-0.15, -0.1) is 0 Å². The molecule has 0 fully saturated rings. The van der Waals surface area contributed by atoms with Crippen molar-refractivity contribution in [2.24, 2.45) is 0 Å². The van der Waals surface area contributed by atoms with E-state index in [1.807, 2.05) is 62.5 Å². The maximum absolute atomic E-state index is 6.00. The predicted octanol–water partition coefficient (Wildman–Crippen LogP) is 4.08. The Morgan fingerprint density at radius 3 is 2.52 bits per heavy atom. The highest BCUT2D eigenvalue weighted by atomic mass is 35.5. The molecule has 2 rings (SSSR count). The van der Waals surface area contributed by atoms with E-state index in [1.54, 1.807) is 7.11 Å². The van der Waals surface area contributed by atoms with E-state index in [0.717, 1.165) is 17.1 Å². The van der Waals surface area contributed by atoms with Crippen LogP contribution < -0.4 is 14.8 Å². The summed E-state index contributed by atoms with van der Waals surface area (Å²) in [5, 5.41) is 3.95. The zero-order valence-electron chi connectivity index (χ0n) is 12.5. The minimum atomic E-state index is -0.0789. The van der Waals surface area contributed by atoms with Crippen LogP contribution in [0.2, 0.25) is 5.02 Å². The first-order chi connectivity index (χ1) is 10.2. The second-order valence-electron chi connectivity index (χ2n) is 4.79. The monoisotopic (exact) mass is 305 g/mol. The largest absolute Gasteiger partial charge is 0.496 e. The van der Waals surface area contributed by atoms with Crippen molar-refractivity contribution in [2.45, 2.75) is 19.1 Å². The van der Waals surface area contributed by atoms with Crippen molar-refractivity contribution in [3.05, 3.63) is 59.1 Å². The van der Waals surface area contributed by atoms with Crippen molar-refractivity contribution in [1.82, 2.24) is 5.32 Å². The van der Waals surface area contributed by atoms with Gasteiger partial charge in [0.2, 0.25) is 0 Å². The van der Waals surface area contributed by atoms with Gasteiger partial charge >= 0.3 is 0 Å². The van der Waals surface area contributed by atoms with Crippen LogP contribution in [0, 0.1) is 0 Å². The summed E-state index contributed by atoms with van der Waals surface area (Å²) >= 11 is 5.99. The summed E-state index contributed by atoms with van der Waals surface area (Å²) in [7, 11) is 3.59. The van der Waals surface area contributed by atoms with E-state index in [0.29, 0.717) is 5.02 Å². The first-order valence-electron chi connectivity index (χ1n) is 6.88. The number of nitrogens with one attached hydrogen (secondary N) is 1. The quantitative estimate of drug-likeness (QED) is 0.872. The van der Waals surface area contributed by atoms with Gasteiger partial charge in [0, 0.05) is 10.6 Å². The third-order valence-corrected chi connectivity index (χ3v) is 3.61. The highest BCUT2D eigenvalue weighted by molar-refractivity contribution is 6.30. The standard InChI is InChI=1S/C17H20ClNO2/c1-12(21-14-8-6-7-13(18)11-14)17(19-2)15-9-4-5-10-16(15)20-3/h4-12,17,19H,1-3H3. The Bertz CT molecular complexity index is 589. The molecule has 2 aromatic rings. The van der Waals surface area contributed by atoms with Crippen LogP contribution in [0.1, 0.15) is 18.5 Å². The van der Waals surface area contributed by atoms with Crippen molar-refractivity contribution in [2.75, 3.05) is 14.2 Å². The van der Waals surface area contributed by atoms with Gasteiger partial charge in [0.05, 0.1) is 13.2 Å². The number of halogens is 1. The summed E-state index contributed by atoms with van der Waals surface area (Å²) in [5.41, 5.74) is 1.07. The van der Waals surface area contributed by atoms with Gasteiger partial charge in [-0.1, -0.05) is 35.9 Å². The molecule has 0 radical (unpaired) electrons. The normalized spacial score (nSPS) is 13.5. The predicted molar refractivity (Wildman–Crippen MR) is 86.3 cm³/mol. The van der Waals surface area contributed by atoms with Crippen molar-refractivity contribution in [1.29, 1.82) is 0 Å². The Hall–Kier alpha value is -1.71. The van der Waals surface area contributed by atoms with Crippen molar-refractivity contribution < 1.29 is 9.47 Å². The molecule has 0 aromatic heterocycles. The van der Waals surface area contributed by atoms with E-state index in [9.17, 15) is 0 Å². The van der Waals surface area contributed by atoms with E-state index in [1.165, 1.54) is 0 Å². The van der Waals surface area contributed by atoms with Gasteiger partial charge in [0.25, 0.3) is 0 Å². The van der Waals surface area contributed by atoms with Crippen LogP contribution in [0.25, 0.3) is 0 Å². The van der Waals surface area contributed by atoms with Crippen molar-refractivity contribution in [3.8, 4) is 11.5 Å². The SMILES string of the molecule is CNC(c1ccccc1OC)C(C)Oc1cccc(Cl)c1. The second kappa shape index (κ2) is 7.34. The zero-order valence-corrected chi connectivity index (χ0v) is 13.2. The zero-order chi connectivity index (χ0) is 15.2. The second-order valence-corrected chi connectivity index (χ2v) is 5.23. The lowest BCUT2D eigenvalue weighted by Gasteiger charge is -2.26. The van der Waals surface area contributed by atoms with Crippen LogP contribution >= 0.6 is 11.6 Å². The lowest BCUT2D eigenvalue weighted by molar-refractivity contribution is 0.173. The molecular formula is C17H20ClNO2. The Kier molecular flexibility index (Phi) is 5.48. The van der Waals surface area contributed by atoms with E-state index in [4.69, 9.17) is 21.1 Å². The molecule has 21 heavy (non-hydrogen) atoms. The number of ether oxygens (including phenoxy) is 2. The fourth-order valence-corrected chi connectivity index (χ4v) is 2.57. The number of benzene rings is 2. The molecule has 0 amide bonds. The van der Waals surface area contributed by atoms with Gasteiger partial charge in [-0.2, -0.15) is 0 Å². The molecule has 0 spiro atoms. The summed E-state index contributed by atoms with van der Waals surface area (Å²) in [6, 6.07) is 15.4. The number of hydrogen-bond acceptors (Lipinski definition) is 3. The average Bonchev–Trinajstić information content (AvgIpc) is 2.48. The topological polar surface area (TPSA) is 30.5 Å². The molecule has 3 nitrogen and oxygen atoms in total. The van der Waals surface area contributed by atoms with Gasteiger partial charge in [-0.25, -0.2) is 0 Å². The Labute approximate surface area is 130 Å². The fourth-order valence-electron chi connectivity index (χ4n) is 2.39. The van der Waals surface area contributed by atoms with Crippen molar-refractivity contribution >= 4 is 11.6 Å². The van der Waals surface area contributed by atoms with Gasteiger partial charge in [-0.05, 0) is 38.2 Å². The first-order valence-corrected chi connectivity index (χ1v) is 7.26. The van der Waals surface area contributed by atoms with Crippen LogP contribution in [0.15, 0.2) is 48.5 Å². The molecule has 2 aromatic carbocycles. The third-order valence-electron chi connectivity index (χ3n) is 3.37. The minimum Gasteiger partial charge on any atom is -0.496 e. The molecule has 0 heterocycles. The molecular weight excluding hydrogens is 286 g/mol. The fraction of sp³-hybridized carbons (Fsp3) is 0.294. The Morgan fingerprint density at radius 2 is 1.86 bits per heavy atom. The number of methoxy groups -OCH3 is 1. The molecule has 2 atom stereocenters. The lowest BCUT2D eigenvalue weighted by Crippen LogP contribution is -2.31. The maximum atomic E-state index is 6.00. The van der Waals surface area contributed by atoms with Crippen molar-refractivity contribution in [3.63, 3.8) is 0 Å². The highest BCUT2D eigenvalue weighted by Crippen LogP contribution is 2.29. The summed E-state index contributed by atoms with van der Waals surface area (Å²) in [6.45, 7) is 2.02. The summed E-state index contributed by atoms with van der Waals surface area (Å²) in [4.78, 5) is 0. The summed E-state index contributed by atoms with van der Waals surface area (Å²) < 4.78 is 11.4. The number of para-hydroxylation sites is 1. The number of likely N-dealkylation sites (N-methyl/N-ethyl adjacent to an activating group) is 1. The molecule has 0 aliphatic rings. The van der Waals surface area contributed by atoms with Crippen LogP contribution in [-0.2, 0) is 0 Å². The molecule has 2 unspecified atom stereocenters. The summed E-state index contributed by atoms with van der Waals surface area (Å²) in [6.07, 6.45) is -0.0789. The Balaban J connectivity index is 2.20. The third kappa shape index (κ3) is 3.90. The Morgan fingerprint density at radius 1 is 1.10 bits per heavy atom. The minimum absolute atomic E-state index is 0.0140. The molecule has 0 saturated heterocycles. The average molecular weight is 306 g/mol. The van der Waals surface area contributed by atoms with Gasteiger partial charge in [0.15, 0.2) is 0 Å². The van der Waals surface area contributed by atoms with E-state index < -0.39 is 0 Å². The first kappa shape index (κ1) is 15.7. The van der Waals surface area contributed by atoms with E-state index in [2.05, 4.69) is 5.32 Å². The summed E-state index contributed by atoms with van der Waals surface area (Å²) in [5.74, 6) is 1.60. The molecule has 0 aliphatic carbocycles. The lowest BCUT2D eigenvalue weighted by atomic mass is 10.0. The van der Waals surface area contributed by atoms with Crippen LogP contribution in [0.4, 0.5) is 0 Å². The maximum Gasteiger partial charge on any atom is 0.123 e. The molecule has 0 saturated carbocycles. The molecule has 0 aliphatic heterocycles. The smallest absolute Gasteiger partial charge is 0.123 e. The van der Waals surface area contributed by atoms with E-state index in [-0.39, 0.29) is 12.1 Å². The van der Waals surface area contributed by atoms with Crippen LogP contribution in [0.3, 0.4) is 0 Å². The van der Waals surface area contributed by atoms with Gasteiger partial charge < -0.3 is 14.8 Å². The molecule has 4 heteroatoms. The number of hydrogen-bond donors (Lipinski definition) is 1. The van der Waals surface area contributed by atoms with Crippen LogP contribution in [-0.4, -0.2) is 20.3 Å². The molecule has 112 valence electrons. The van der Waals surface area contributed by atoms with Gasteiger partial charge in [-0.3, -0.25) is 0 Å². The highest BCUT2D eigenvalue weighted by Gasteiger charge is 2.22. The number of rotatable bonds is 6. The van der Waals surface area contributed by atoms with E-state index >= 15 is 0 Å². The molecule has 0 bridgehead atoms. The van der Waals surface area contributed by atoms with Crippen LogP contribution in [0.5, 0.6) is 11.5 Å². The molecule has 1 N–H and O–H groups in total.